The van der Waals surface area contributed by atoms with Gasteiger partial charge in [0.25, 0.3) is 0 Å². The second-order valence-corrected chi connectivity index (χ2v) is 7.31. The number of hydrogen-bond acceptors (Lipinski definition) is 7. The number of aliphatic imine (C=N–C) groups is 3. The van der Waals surface area contributed by atoms with Crippen LogP contribution in [0.25, 0.3) is 5.70 Å². The number of methoxy groups -OCH3 is 3. The summed E-state index contributed by atoms with van der Waals surface area (Å²) in [7, 11) is 4.81. The Bertz CT molecular complexity index is 872. The topological polar surface area (TPSA) is 76.8 Å². The molecule has 3 heterocycles. The summed E-state index contributed by atoms with van der Waals surface area (Å²) in [6.07, 6.45) is 6.05. The third kappa shape index (κ3) is 3.20. The molecule has 1 aromatic carbocycles. The zero-order chi connectivity index (χ0) is 19.7. The number of fused-ring (bicyclic) bond motifs is 1. The average Bonchev–Trinajstić information content (AvgIpc) is 3.16. The summed E-state index contributed by atoms with van der Waals surface area (Å²) in [5.74, 6) is 2.21. The molecule has 7 nitrogen and oxygen atoms in total. The van der Waals surface area contributed by atoms with Gasteiger partial charge >= 0.3 is 0 Å². The molecule has 1 saturated heterocycles. The van der Waals surface area contributed by atoms with Crippen LogP contribution in [-0.4, -0.2) is 57.7 Å². The number of nitrogens with zero attached hydrogens (tertiary/aromatic N) is 3. The molecule has 0 aliphatic carbocycles. The molecule has 0 amide bonds. The van der Waals surface area contributed by atoms with Crippen LogP contribution in [0.3, 0.4) is 0 Å². The van der Waals surface area contributed by atoms with Crippen molar-refractivity contribution in [3.05, 3.63) is 23.8 Å². The molecule has 4 rings (SSSR count). The van der Waals surface area contributed by atoms with E-state index in [1.54, 1.807) is 21.3 Å². The lowest BCUT2D eigenvalue weighted by molar-refractivity contribution is 0.244. The molecular formula is C21H26N4O3. The first-order chi connectivity index (χ1) is 13.6. The molecule has 0 aromatic heterocycles. The molecule has 7 heteroatoms. The maximum Gasteiger partial charge on any atom is 0.203 e. The van der Waals surface area contributed by atoms with E-state index in [0.29, 0.717) is 23.2 Å². The van der Waals surface area contributed by atoms with E-state index >= 15 is 0 Å². The van der Waals surface area contributed by atoms with Crippen molar-refractivity contribution in [1.29, 1.82) is 0 Å². The molecule has 3 aliphatic rings. The van der Waals surface area contributed by atoms with Crippen LogP contribution < -0.4 is 19.5 Å². The molecule has 1 atom stereocenters. The van der Waals surface area contributed by atoms with Gasteiger partial charge < -0.3 is 19.5 Å². The van der Waals surface area contributed by atoms with Gasteiger partial charge in [0.1, 0.15) is 5.71 Å². The highest BCUT2D eigenvalue weighted by molar-refractivity contribution is 6.68. The van der Waals surface area contributed by atoms with E-state index in [9.17, 15) is 0 Å². The van der Waals surface area contributed by atoms with Gasteiger partial charge in [-0.3, -0.25) is 9.98 Å². The summed E-state index contributed by atoms with van der Waals surface area (Å²) in [5.41, 5.74) is 2.97. The average molecular weight is 382 g/mol. The normalized spacial score (nSPS) is 24.2. The highest BCUT2D eigenvalue weighted by atomic mass is 16.5. The van der Waals surface area contributed by atoms with E-state index in [0.717, 1.165) is 48.6 Å². The molecular weight excluding hydrogens is 356 g/mol. The minimum absolute atomic E-state index is 0.419. The second-order valence-electron chi connectivity index (χ2n) is 7.31. The van der Waals surface area contributed by atoms with Crippen LogP contribution >= 0.6 is 0 Å². The monoisotopic (exact) mass is 382 g/mol. The molecule has 1 unspecified atom stereocenters. The Labute approximate surface area is 165 Å². The number of piperidine rings is 1. The van der Waals surface area contributed by atoms with E-state index in [1.165, 1.54) is 0 Å². The predicted molar refractivity (Wildman–Crippen MR) is 111 cm³/mol. The minimum atomic E-state index is -0.419. The first-order valence-electron chi connectivity index (χ1n) is 9.55. The van der Waals surface area contributed by atoms with Crippen molar-refractivity contribution in [3.63, 3.8) is 0 Å². The quantitative estimate of drug-likeness (QED) is 0.850. The summed E-state index contributed by atoms with van der Waals surface area (Å²) in [4.78, 5) is 14.5. The number of nitrogens with one attached hydrogen (secondary N) is 1. The summed E-state index contributed by atoms with van der Waals surface area (Å²) < 4.78 is 16.3. The van der Waals surface area contributed by atoms with Gasteiger partial charge in [0.05, 0.1) is 39.0 Å². The Morgan fingerprint density at radius 2 is 1.68 bits per heavy atom. The van der Waals surface area contributed by atoms with Gasteiger partial charge in [-0.2, -0.15) is 0 Å². The molecule has 0 radical (unpaired) electrons. The molecule has 1 fully saturated rings. The zero-order valence-corrected chi connectivity index (χ0v) is 16.8. The lowest BCUT2D eigenvalue weighted by Gasteiger charge is -2.35. The smallest absolute Gasteiger partial charge is 0.203 e. The Balaban J connectivity index is 1.69. The van der Waals surface area contributed by atoms with E-state index in [1.807, 2.05) is 24.4 Å². The van der Waals surface area contributed by atoms with Crippen LogP contribution in [0.15, 0.2) is 33.2 Å². The van der Waals surface area contributed by atoms with Crippen LogP contribution in [0.2, 0.25) is 0 Å². The lowest BCUT2D eigenvalue weighted by atomic mass is 9.85. The zero-order valence-electron chi connectivity index (χ0n) is 16.8. The molecule has 0 bridgehead atoms. The number of hydrogen-bond donors (Lipinski definition) is 1. The van der Waals surface area contributed by atoms with Crippen molar-refractivity contribution >= 4 is 23.3 Å². The van der Waals surface area contributed by atoms with Crippen molar-refractivity contribution in [3.8, 4) is 17.2 Å². The van der Waals surface area contributed by atoms with Gasteiger partial charge in [0.2, 0.25) is 5.75 Å². The Morgan fingerprint density at radius 3 is 2.29 bits per heavy atom. The van der Waals surface area contributed by atoms with Crippen molar-refractivity contribution in [2.45, 2.75) is 25.4 Å². The highest BCUT2D eigenvalue weighted by Gasteiger charge is 2.37. The minimum Gasteiger partial charge on any atom is -0.493 e. The molecule has 0 spiro atoms. The van der Waals surface area contributed by atoms with E-state index in [4.69, 9.17) is 29.2 Å². The summed E-state index contributed by atoms with van der Waals surface area (Å²) in [5, 5.41) is 3.41. The third-order valence-corrected chi connectivity index (χ3v) is 5.64. The molecule has 148 valence electrons. The van der Waals surface area contributed by atoms with Crippen LogP contribution in [0.1, 0.15) is 25.3 Å². The summed E-state index contributed by atoms with van der Waals surface area (Å²) in [6.45, 7) is 4.16. The van der Waals surface area contributed by atoms with E-state index < -0.39 is 5.66 Å². The fourth-order valence-corrected chi connectivity index (χ4v) is 4.01. The maximum atomic E-state index is 5.47. The molecule has 0 saturated carbocycles. The molecule has 1 N–H and O–H groups in total. The number of rotatable bonds is 5. The summed E-state index contributed by atoms with van der Waals surface area (Å²) >= 11 is 0. The van der Waals surface area contributed by atoms with Crippen LogP contribution in [0.5, 0.6) is 17.2 Å². The number of benzene rings is 1. The van der Waals surface area contributed by atoms with E-state index in [-0.39, 0.29) is 0 Å². The molecule has 3 aliphatic heterocycles. The van der Waals surface area contributed by atoms with E-state index in [2.05, 4.69) is 12.2 Å². The van der Waals surface area contributed by atoms with Gasteiger partial charge in [-0.15, -0.1) is 0 Å². The SMILES string of the molecule is COc1cc(C2=CC3=NC(C)(C4CCNCC4)N=CC3=N2)cc(OC)c1OC. The van der Waals surface area contributed by atoms with Crippen LogP contribution in [0.4, 0.5) is 0 Å². The maximum absolute atomic E-state index is 5.47. The van der Waals surface area contributed by atoms with Gasteiger partial charge in [0, 0.05) is 11.5 Å². The molecule has 28 heavy (non-hydrogen) atoms. The Morgan fingerprint density at radius 1 is 1.00 bits per heavy atom. The van der Waals surface area contributed by atoms with Crippen molar-refractivity contribution in [2.24, 2.45) is 20.9 Å². The van der Waals surface area contributed by atoms with Crippen LogP contribution in [0, 0.1) is 5.92 Å². The first kappa shape index (κ1) is 18.7. The highest BCUT2D eigenvalue weighted by Crippen LogP contribution is 2.41. The van der Waals surface area contributed by atoms with Crippen LogP contribution in [-0.2, 0) is 0 Å². The fourth-order valence-electron chi connectivity index (χ4n) is 4.01. The van der Waals surface area contributed by atoms with Crippen molar-refractivity contribution in [2.75, 3.05) is 34.4 Å². The second kappa shape index (κ2) is 7.39. The number of allylic oxidation sites excluding steroid dienone is 1. The van der Waals surface area contributed by atoms with Gasteiger partial charge in [-0.25, -0.2) is 4.99 Å². The number of ether oxygens (including phenoxy) is 3. The third-order valence-electron chi connectivity index (χ3n) is 5.64. The van der Waals surface area contributed by atoms with Crippen molar-refractivity contribution in [1.82, 2.24) is 5.32 Å². The Hall–Kier alpha value is -2.67. The predicted octanol–water partition coefficient (Wildman–Crippen LogP) is 2.75. The summed E-state index contributed by atoms with van der Waals surface area (Å²) in [6, 6.07) is 3.80. The van der Waals surface area contributed by atoms with Gasteiger partial charge in [0.15, 0.2) is 17.2 Å². The standard InChI is InChI=1S/C21H26N4O3/c1-21(14-5-7-22-8-6-14)23-12-17-16(25-21)11-15(24-17)13-9-18(26-2)20(28-4)19(10-13)27-3/h9-12,14,22H,5-8H2,1-4H3. The molecule has 1 aromatic rings. The first-order valence-corrected chi connectivity index (χ1v) is 9.55. The largest absolute Gasteiger partial charge is 0.493 e. The lowest BCUT2D eigenvalue weighted by Crippen LogP contribution is -2.42. The van der Waals surface area contributed by atoms with Gasteiger partial charge in [-0.05, 0) is 51.1 Å². The fraction of sp³-hybridized carbons (Fsp3) is 0.476. The van der Waals surface area contributed by atoms with Gasteiger partial charge in [-0.1, -0.05) is 0 Å². The Kier molecular flexibility index (Phi) is 4.93. The van der Waals surface area contributed by atoms with Crippen molar-refractivity contribution < 1.29 is 14.2 Å².